The van der Waals surface area contributed by atoms with Gasteiger partial charge in [0.15, 0.2) is 17.8 Å². The van der Waals surface area contributed by atoms with E-state index < -0.39 is 6.10 Å². The second-order valence-electron chi connectivity index (χ2n) is 25.6. The molecule has 3 amide bonds. The number of aliphatic hydroxyl groups is 2. The van der Waals surface area contributed by atoms with E-state index in [2.05, 4.69) is 99.1 Å². The number of nitrogen functional groups attached to an aromatic ring is 2. The highest BCUT2D eigenvalue weighted by Crippen LogP contribution is 2.33. The Hall–Kier alpha value is -8.43. The minimum Gasteiger partial charge on any atom is -0.465 e. The molecule has 6 aromatic rings. The van der Waals surface area contributed by atoms with E-state index in [4.69, 9.17) is 30.6 Å². The van der Waals surface area contributed by atoms with Crippen molar-refractivity contribution < 1.29 is 43.4 Å². The number of unbranched alkanes of at least 4 members (excludes halogenated alkanes) is 1. The van der Waals surface area contributed by atoms with Gasteiger partial charge in [-0.25, -0.2) is 34.6 Å². The van der Waals surface area contributed by atoms with E-state index in [1.165, 1.54) is 6.33 Å². The van der Waals surface area contributed by atoms with Crippen molar-refractivity contribution in [2.24, 2.45) is 28.8 Å². The number of allylic oxidation sites excluding steroid dienone is 1. The monoisotopic (exact) mass is 1280 g/mol. The van der Waals surface area contributed by atoms with E-state index in [1.807, 2.05) is 24.0 Å². The first kappa shape index (κ1) is 68.9. The number of hydrogen-bond donors (Lipinski definition) is 6. The van der Waals surface area contributed by atoms with Crippen molar-refractivity contribution in [2.75, 3.05) is 93.3 Å². The highest BCUT2D eigenvalue weighted by molar-refractivity contribution is 5.99. The summed E-state index contributed by atoms with van der Waals surface area (Å²) in [6, 6.07) is 5.58. The van der Waals surface area contributed by atoms with Crippen LogP contribution in [0.2, 0.25) is 0 Å². The van der Waals surface area contributed by atoms with Crippen molar-refractivity contribution in [1.29, 1.82) is 0 Å². The summed E-state index contributed by atoms with van der Waals surface area (Å²) in [5.41, 5.74) is 17.9. The maximum Gasteiger partial charge on any atom is 0.293 e. The fourth-order valence-corrected chi connectivity index (χ4v) is 12.6. The zero-order chi connectivity index (χ0) is 65.8. The average molecular weight is 1280 g/mol. The quantitative estimate of drug-likeness (QED) is 0.00842. The molecular formula is C66H94N18O9. The summed E-state index contributed by atoms with van der Waals surface area (Å²) in [7, 11) is 0. The Morgan fingerprint density at radius 1 is 0.839 bits per heavy atom. The van der Waals surface area contributed by atoms with E-state index in [0.29, 0.717) is 134 Å². The third kappa shape index (κ3) is 20.0. The van der Waals surface area contributed by atoms with Crippen LogP contribution in [0.25, 0.3) is 33.4 Å². The van der Waals surface area contributed by atoms with Crippen molar-refractivity contribution in [3.8, 4) is 11.3 Å². The topological polar surface area (TPSA) is 350 Å². The molecule has 93 heavy (non-hydrogen) atoms. The summed E-state index contributed by atoms with van der Waals surface area (Å²) in [5, 5.41) is 36.9. The summed E-state index contributed by atoms with van der Waals surface area (Å²) in [6.07, 6.45) is 19.7. The maximum absolute atomic E-state index is 13.3. The lowest BCUT2D eigenvalue weighted by Gasteiger charge is -2.36. The third-order valence-corrected chi connectivity index (χ3v) is 18.0. The SMILES string of the molecule is C/C(=C\[C@@H](C)CC[C@@H](CC[C@H]1CC[C@H](O)CC1)OC=O)[C@@H](O)C/C(=N/OCC(=O)NCc1cnc(N2CCN(C(=O)CCCN3CCN(c4ncc(C(=O)NCCCCn5nc(-c6ccc7oc(N)nc7c6)c6c(N)ncnc65)cn4)CC3)CC2)nc1)[C@H](C)CC(C)C. The van der Waals surface area contributed by atoms with Crippen LogP contribution in [0.3, 0.4) is 0 Å². The second kappa shape index (κ2) is 33.9. The molecule has 1 aliphatic carbocycles. The van der Waals surface area contributed by atoms with Crippen LogP contribution in [0.4, 0.5) is 23.7 Å². The summed E-state index contributed by atoms with van der Waals surface area (Å²) in [5.74, 6) is 2.12. The lowest BCUT2D eigenvalue weighted by molar-refractivity contribution is -0.134. The Morgan fingerprint density at radius 3 is 2.26 bits per heavy atom. The first-order valence-electron chi connectivity index (χ1n) is 33.1. The molecule has 1 saturated carbocycles. The van der Waals surface area contributed by atoms with Crippen molar-refractivity contribution in [1.82, 2.24) is 65.1 Å². The molecule has 2 aliphatic heterocycles. The molecule has 5 aromatic heterocycles. The lowest BCUT2D eigenvalue weighted by atomic mass is 9.83. The lowest BCUT2D eigenvalue weighted by Crippen LogP contribution is -2.49. The molecule has 7 heterocycles. The van der Waals surface area contributed by atoms with Gasteiger partial charge in [0.05, 0.1) is 28.9 Å². The van der Waals surface area contributed by atoms with Gasteiger partial charge in [-0.15, -0.1) is 0 Å². The van der Waals surface area contributed by atoms with Gasteiger partial charge in [-0.1, -0.05) is 38.9 Å². The van der Waals surface area contributed by atoms with Crippen molar-refractivity contribution >= 4 is 75.8 Å². The van der Waals surface area contributed by atoms with Gasteiger partial charge in [0, 0.05) is 121 Å². The number of hydrogen-bond acceptors (Lipinski definition) is 23. The Kier molecular flexibility index (Phi) is 25.2. The normalized spacial score (nSPS) is 18.2. The first-order chi connectivity index (χ1) is 45.0. The molecule has 8 N–H and O–H groups in total. The molecule has 0 radical (unpaired) electrons. The number of aryl methyl sites for hydroxylation is 1. The fourth-order valence-electron chi connectivity index (χ4n) is 12.6. The number of nitrogens with zero attached hydrogens (tertiary/aromatic N) is 14. The number of fused-ring (bicyclic) bond motifs is 2. The van der Waals surface area contributed by atoms with Gasteiger partial charge in [-0.3, -0.25) is 24.1 Å². The van der Waals surface area contributed by atoms with Gasteiger partial charge < -0.3 is 61.0 Å². The zero-order valence-electron chi connectivity index (χ0n) is 54.6. The second-order valence-corrected chi connectivity index (χ2v) is 25.6. The van der Waals surface area contributed by atoms with E-state index in [9.17, 15) is 29.4 Å². The zero-order valence-corrected chi connectivity index (χ0v) is 54.6. The number of piperazine rings is 2. The number of amides is 3. The number of ether oxygens (including phenoxy) is 1. The largest absolute Gasteiger partial charge is 0.465 e. The Balaban J connectivity index is 0.620. The molecule has 0 spiro atoms. The van der Waals surface area contributed by atoms with Crippen LogP contribution in [-0.4, -0.2) is 185 Å². The number of aliphatic hydroxyl groups excluding tert-OH is 2. The van der Waals surface area contributed by atoms with Gasteiger partial charge in [-0.2, -0.15) is 10.1 Å². The van der Waals surface area contributed by atoms with Gasteiger partial charge >= 0.3 is 0 Å². The number of benzene rings is 1. The number of carbonyl (C=O) groups is 4. The van der Waals surface area contributed by atoms with Gasteiger partial charge in [0.2, 0.25) is 17.8 Å². The van der Waals surface area contributed by atoms with Crippen LogP contribution in [0.1, 0.15) is 140 Å². The smallest absolute Gasteiger partial charge is 0.293 e. The van der Waals surface area contributed by atoms with Crippen molar-refractivity contribution in [3.63, 3.8) is 0 Å². The summed E-state index contributed by atoms with van der Waals surface area (Å²) in [4.78, 5) is 95.8. The van der Waals surface area contributed by atoms with Crippen LogP contribution < -0.4 is 31.9 Å². The first-order valence-corrected chi connectivity index (χ1v) is 33.1. The Bertz CT molecular complexity index is 3450. The molecule has 4 atom stereocenters. The number of oxime groups is 1. The van der Waals surface area contributed by atoms with Gasteiger partial charge in [-0.05, 0) is 138 Å². The fraction of sp³-hybridized carbons (Fsp3) is 0.591. The number of anilines is 4. The molecule has 502 valence electrons. The molecule has 0 bridgehead atoms. The number of nitrogens with two attached hydrogens (primary N) is 2. The third-order valence-electron chi connectivity index (χ3n) is 18.0. The number of rotatable bonds is 33. The van der Waals surface area contributed by atoms with Gasteiger partial charge in [0.25, 0.3) is 24.3 Å². The van der Waals surface area contributed by atoms with E-state index in [1.54, 1.807) is 35.5 Å². The molecule has 3 fully saturated rings. The number of oxazole rings is 1. The average Bonchev–Trinajstić information content (AvgIpc) is 1.63. The maximum atomic E-state index is 13.3. The standard InChI is InChI=1S/C66H94N18O9/c1-43(2)31-45(4)53(34-55(87)46(5)32-44(3)10-17-52(91-42-85)18-13-47-11-15-51(86)16-12-47)79-92-40-57(88)70-35-48-36-71-65(72-37-48)83-29-27-81(28-30-83)58(89)9-8-21-80-23-25-82(26-24-80)66-73-38-50(39-74-66)63(90)69-20-6-7-22-84-62-59(61(67)75-41-76-62)60(78-84)49-14-19-56-54(33-49)77-64(68)93-56/h14,19,32-33,36-39,41-45,47,51-52,55,86-87H,6-13,15-18,20-31,34-35,40H2,1-5H3,(H2,68,77)(H,69,90)(H,70,88)(H2,67,75,76)/b46-32+,79-53-/t44-,45+,47-,51-,52-,55-/m0/s1. The summed E-state index contributed by atoms with van der Waals surface area (Å²) in [6.45, 7) is 18.0. The minimum absolute atomic E-state index is 0.0207. The Morgan fingerprint density at radius 2 is 1.55 bits per heavy atom. The van der Waals surface area contributed by atoms with Gasteiger partial charge in [0.1, 0.15) is 29.5 Å². The molecule has 9 rings (SSSR count). The van der Waals surface area contributed by atoms with E-state index >= 15 is 0 Å². The highest BCUT2D eigenvalue weighted by Gasteiger charge is 2.27. The highest BCUT2D eigenvalue weighted by atomic mass is 16.6. The molecule has 2 saturated heterocycles. The van der Waals surface area contributed by atoms with E-state index in [0.717, 1.165) is 114 Å². The molecule has 0 unspecified atom stereocenters. The predicted octanol–water partition coefficient (Wildman–Crippen LogP) is 6.50. The van der Waals surface area contributed by atoms with Crippen molar-refractivity contribution in [2.45, 2.75) is 156 Å². The molecule has 27 heteroatoms. The molecule has 1 aromatic carbocycles. The summed E-state index contributed by atoms with van der Waals surface area (Å²) < 4.78 is 12.7. The van der Waals surface area contributed by atoms with Crippen LogP contribution in [0.15, 0.2) is 70.5 Å². The van der Waals surface area contributed by atoms with Crippen LogP contribution >= 0.6 is 0 Å². The molecule has 27 nitrogen and oxygen atoms in total. The number of aromatic nitrogens is 9. The molecule has 3 aliphatic rings. The minimum atomic E-state index is -0.783. The van der Waals surface area contributed by atoms with Crippen LogP contribution in [-0.2, 0) is 37.0 Å². The number of nitrogens with one attached hydrogen (secondary N) is 2. The number of carbonyl (C=O) groups excluding carboxylic acids is 4. The van der Waals surface area contributed by atoms with Crippen LogP contribution in [0, 0.1) is 23.7 Å². The van der Waals surface area contributed by atoms with E-state index in [-0.39, 0.29) is 67.4 Å². The predicted molar refractivity (Wildman–Crippen MR) is 354 cm³/mol. The summed E-state index contributed by atoms with van der Waals surface area (Å²) >= 11 is 0. The van der Waals surface area contributed by atoms with Crippen LogP contribution in [0.5, 0.6) is 0 Å². The van der Waals surface area contributed by atoms with Crippen molar-refractivity contribution in [3.05, 3.63) is 72.1 Å². The molecular weight excluding hydrogens is 1190 g/mol. The Labute approximate surface area is 543 Å².